The molecule has 1 aromatic carbocycles. The fraction of sp³-hybridized carbons (Fsp3) is 0.167. The van der Waals surface area contributed by atoms with E-state index < -0.39 is 0 Å². The monoisotopic (exact) mass is 232 g/mol. The molecule has 0 fully saturated rings. The van der Waals surface area contributed by atoms with E-state index in [1.807, 2.05) is 13.0 Å². The van der Waals surface area contributed by atoms with Crippen LogP contribution in [0.2, 0.25) is 5.02 Å². The van der Waals surface area contributed by atoms with Crippen LogP contribution < -0.4 is 0 Å². The van der Waals surface area contributed by atoms with Crippen LogP contribution in [0.15, 0.2) is 18.3 Å². The van der Waals surface area contributed by atoms with Gasteiger partial charge in [0.05, 0.1) is 18.0 Å². The molecule has 0 aliphatic heterocycles. The van der Waals surface area contributed by atoms with Gasteiger partial charge in [0.15, 0.2) is 5.78 Å². The molecule has 0 radical (unpaired) electrons. The van der Waals surface area contributed by atoms with Gasteiger partial charge in [0.2, 0.25) is 0 Å². The Balaban J connectivity index is 2.63. The number of halogens is 1. The highest BCUT2D eigenvalue weighted by Gasteiger charge is 2.13. The van der Waals surface area contributed by atoms with Gasteiger partial charge in [0, 0.05) is 22.2 Å². The van der Waals surface area contributed by atoms with Crippen LogP contribution in [0.25, 0.3) is 10.9 Å². The Labute approximate surface area is 97.6 Å². The first-order valence-electron chi connectivity index (χ1n) is 4.81. The van der Waals surface area contributed by atoms with Gasteiger partial charge in [-0.2, -0.15) is 5.26 Å². The summed E-state index contributed by atoms with van der Waals surface area (Å²) in [6.45, 7) is 1.89. The largest absolute Gasteiger partial charge is 0.360 e. The molecular weight excluding hydrogens is 224 g/mol. The van der Waals surface area contributed by atoms with E-state index in [-0.39, 0.29) is 12.2 Å². The molecule has 80 valence electrons. The van der Waals surface area contributed by atoms with Crippen molar-refractivity contribution in [3.05, 3.63) is 34.5 Å². The molecule has 2 aromatic rings. The number of benzene rings is 1. The zero-order chi connectivity index (χ0) is 11.7. The molecule has 0 aliphatic rings. The highest BCUT2D eigenvalue weighted by Crippen LogP contribution is 2.27. The third-order valence-corrected chi connectivity index (χ3v) is 3.00. The molecular formula is C12H9ClN2O. The van der Waals surface area contributed by atoms with Crippen molar-refractivity contribution in [2.45, 2.75) is 13.3 Å². The number of fused-ring (bicyclic) bond motifs is 1. The molecule has 1 aromatic heterocycles. The Kier molecular flexibility index (Phi) is 2.67. The van der Waals surface area contributed by atoms with Gasteiger partial charge in [-0.25, -0.2) is 0 Å². The lowest BCUT2D eigenvalue weighted by Gasteiger charge is -2.00. The lowest BCUT2D eigenvalue weighted by Crippen LogP contribution is -1.95. The van der Waals surface area contributed by atoms with Crippen LogP contribution in [0, 0.1) is 18.3 Å². The van der Waals surface area contributed by atoms with Crippen LogP contribution in [0.5, 0.6) is 0 Å². The fourth-order valence-corrected chi connectivity index (χ4v) is 1.87. The average molecular weight is 233 g/mol. The van der Waals surface area contributed by atoms with Crippen molar-refractivity contribution < 1.29 is 4.79 Å². The van der Waals surface area contributed by atoms with Crippen molar-refractivity contribution in [2.24, 2.45) is 0 Å². The summed E-state index contributed by atoms with van der Waals surface area (Å²) < 4.78 is 0. The van der Waals surface area contributed by atoms with E-state index in [0.717, 1.165) is 16.5 Å². The van der Waals surface area contributed by atoms with Crippen molar-refractivity contribution in [3.8, 4) is 6.07 Å². The Morgan fingerprint density at radius 3 is 3.00 bits per heavy atom. The number of nitrogens with one attached hydrogen (secondary N) is 1. The van der Waals surface area contributed by atoms with Crippen LogP contribution in [-0.2, 0) is 0 Å². The molecule has 4 heteroatoms. The average Bonchev–Trinajstić information content (AvgIpc) is 2.68. The number of hydrogen-bond donors (Lipinski definition) is 1. The Morgan fingerprint density at radius 2 is 2.31 bits per heavy atom. The summed E-state index contributed by atoms with van der Waals surface area (Å²) in [6.07, 6.45) is 1.53. The van der Waals surface area contributed by atoms with E-state index in [1.165, 1.54) is 0 Å². The standard InChI is InChI=1S/C12H9ClN2O/c1-7-10(13)3-2-8-9(6-15-12(7)8)11(16)4-5-14/h2-3,6,15H,4H2,1H3. The number of aromatic amines is 1. The van der Waals surface area contributed by atoms with E-state index in [0.29, 0.717) is 10.6 Å². The summed E-state index contributed by atoms with van der Waals surface area (Å²) in [7, 11) is 0. The minimum Gasteiger partial charge on any atom is -0.360 e. The molecule has 0 unspecified atom stereocenters. The summed E-state index contributed by atoms with van der Waals surface area (Å²) in [4.78, 5) is 14.7. The van der Waals surface area contributed by atoms with E-state index in [4.69, 9.17) is 16.9 Å². The first-order chi connectivity index (χ1) is 7.65. The first-order valence-corrected chi connectivity index (χ1v) is 5.19. The molecule has 1 N–H and O–H groups in total. The second-order valence-corrected chi connectivity index (χ2v) is 3.96. The number of carbonyl (C=O) groups excluding carboxylic acids is 1. The van der Waals surface area contributed by atoms with Gasteiger partial charge in [0.1, 0.15) is 0 Å². The fourth-order valence-electron chi connectivity index (χ4n) is 1.72. The Bertz CT molecular complexity index is 607. The topological polar surface area (TPSA) is 56.6 Å². The Hall–Kier alpha value is -1.79. The van der Waals surface area contributed by atoms with Gasteiger partial charge in [-0.1, -0.05) is 17.7 Å². The van der Waals surface area contributed by atoms with Crippen molar-refractivity contribution in [1.29, 1.82) is 5.26 Å². The third-order valence-electron chi connectivity index (χ3n) is 2.59. The van der Waals surface area contributed by atoms with Gasteiger partial charge in [0.25, 0.3) is 0 Å². The van der Waals surface area contributed by atoms with Gasteiger partial charge >= 0.3 is 0 Å². The number of aryl methyl sites for hydroxylation is 1. The normalized spacial score (nSPS) is 10.3. The molecule has 0 atom stereocenters. The number of Topliss-reactive ketones (excluding diaryl/α,β-unsaturated/α-hetero) is 1. The zero-order valence-corrected chi connectivity index (χ0v) is 9.43. The zero-order valence-electron chi connectivity index (χ0n) is 8.67. The molecule has 16 heavy (non-hydrogen) atoms. The van der Waals surface area contributed by atoms with Crippen molar-refractivity contribution in [3.63, 3.8) is 0 Å². The van der Waals surface area contributed by atoms with E-state index in [9.17, 15) is 4.79 Å². The first kappa shape index (κ1) is 10.7. The maximum Gasteiger partial charge on any atom is 0.179 e. The van der Waals surface area contributed by atoms with E-state index in [1.54, 1.807) is 18.3 Å². The van der Waals surface area contributed by atoms with Crippen LogP contribution in [-0.4, -0.2) is 10.8 Å². The lowest BCUT2D eigenvalue weighted by atomic mass is 10.1. The summed E-state index contributed by atoms with van der Waals surface area (Å²) in [5.74, 6) is -0.171. The number of H-pyrrole nitrogens is 1. The lowest BCUT2D eigenvalue weighted by molar-refractivity contribution is 0.0999. The number of aromatic nitrogens is 1. The van der Waals surface area contributed by atoms with Crippen molar-refractivity contribution >= 4 is 28.3 Å². The quantitative estimate of drug-likeness (QED) is 0.809. The SMILES string of the molecule is Cc1c(Cl)ccc2c(C(=O)CC#N)c[nH]c12. The number of nitriles is 1. The highest BCUT2D eigenvalue weighted by molar-refractivity contribution is 6.32. The van der Waals surface area contributed by atoms with E-state index in [2.05, 4.69) is 4.98 Å². The summed E-state index contributed by atoms with van der Waals surface area (Å²) >= 11 is 5.98. The minimum absolute atomic E-state index is 0.103. The summed E-state index contributed by atoms with van der Waals surface area (Å²) in [5.41, 5.74) is 2.32. The predicted molar refractivity (Wildman–Crippen MR) is 62.6 cm³/mol. The second kappa shape index (κ2) is 3.99. The van der Waals surface area contributed by atoms with E-state index >= 15 is 0 Å². The Morgan fingerprint density at radius 1 is 1.56 bits per heavy atom. The van der Waals surface area contributed by atoms with Crippen molar-refractivity contribution in [1.82, 2.24) is 4.98 Å². The number of carbonyl (C=O) groups is 1. The van der Waals surface area contributed by atoms with Gasteiger partial charge in [-0.05, 0) is 18.6 Å². The maximum absolute atomic E-state index is 11.6. The second-order valence-electron chi connectivity index (χ2n) is 3.56. The number of hydrogen-bond acceptors (Lipinski definition) is 2. The molecule has 2 rings (SSSR count). The van der Waals surface area contributed by atoms with Gasteiger partial charge in [-0.3, -0.25) is 4.79 Å². The smallest absolute Gasteiger partial charge is 0.179 e. The molecule has 0 amide bonds. The minimum atomic E-state index is -0.171. The summed E-state index contributed by atoms with van der Waals surface area (Å²) in [5, 5.41) is 9.99. The molecule has 3 nitrogen and oxygen atoms in total. The van der Waals surface area contributed by atoms with Gasteiger partial charge < -0.3 is 4.98 Å². The number of ketones is 1. The molecule has 0 saturated heterocycles. The maximum atomic E-state index is 11.6. The van der Waals surface area contributed by atoms with Crippen LogP contribution in [0.1, 0.15) is 22.3 Å². The van der Waals surface area contributed by atoms with Crippen LogP contribution >= 0.6 is 11.6 Å². The molecule has 0 saturated carbocycles. The number of nitrogens with zero attached hydrogens (tertiary/aromatic N) is 1. The summed E-state index contributed by atoms with van der Waals surface area (Å²) in [6, 6.07) is 5.41. The number of rotatable bonds is 2. The molecule has 1 heterocycles. The predicted octanol–water partition coefficient (Wildman–Crippen LogP) is 3.23. The highest BCUT2D eigenvalue weighted by atomic mass is 35.5. The van der Waals surface area contributed by atoms with Crippen LogP contribution in [0.3, 0.4) is 0 Å². The van der Waals surface area contributed by atoms with Crippen molar-refractivity contribution in [2.75, 3.05) is 0 Å². The third kappa shape index (κ3) is 1.58. The van der Waals surface area contributed by atoms with Gasteiger partial charge in [-0.15, -0.1) is 0 Å². The van der Waals surface area contributed by atoms with Crippen LogP contribution in [0.4, 0.5) is 0 Å². The molecule has 0 spiro atoms. The molecule has 0 aliphatic carbocycles. The molecule has 0 bridgehead atoms.